The number of fused-ring (bicyclic) bond motifs is 1. The second-order valence-corrected chi connectivity index (χ2v) is 7.01. The van der Waals surface area contributed by atoms with E-state index in [-0.39, 0.29) is 23.0 Å². The van der Waals surface area contributed by atoms with E-state index in [0.29, 0.717) is 54.5 Å². The number of allylic oxidation sites excluding steroid dienone is 2. The fourth-order valence-electron chi connectivity index (χ4n) is 3.28. The van der Waals surface area contributed by atoms with Crippen molar-refractivity contribution >= 4 is 28.3 Å². The molecule has 1 aliphatic carbocycles. The van der Waals surface area contributed by atoms with Gasteiger partial charge in [-0.1, -0.05) is 12.2 Å². The molecule has 1 aromatic carbocycles. The molecular weight excluding hydrogens is 424 g/mol. The minimum Gasteiger partial charge on any atom is -0.493 e. The van der Waals surface area contributed by atoms with E-state index in [9.17, 15) is 9.59 Å². The number of benzene rings is 1. The van der Waals surface area contributed by atoms with Crippen LogP contribution in [0.3, 0.4) is 0 Å². The van der Waals surface area contributed by atoms with Gasteiger partial charge in [0, 0.05) is 43.8 Å². The lowest BCUT2D eigenvalue weighted by Gasteiger charge is -2.25. The topological polar surface area (TPSA) is 103 Å². The highest BCUT2D eigenvalue weighted by Crippen LogP contribution is 2.34. The normalized spacial score (nSPS) is 13.3. The van der Waals surface area contributed by atoms with Gasteiger partial charge in [-0.05, 0) is 6.07 Å². The van der Waals surface area contributed by atoms with E-state index in [1.54, 1.807) is 36.3 Å². The molecule has 0 radical (unpaired) electrons. The predicted molar refractivity (Wildman–Crippen MR) is 125 cm³/mol. The summed E-state index contributed by atoms with van der Waals surface area (Å²) in [5.74, 6) is 0.696. The lowest BCUT2D eigenvalue weighted by atomic mass is 10.0. The van der Waals surface area contributed by atoms with Gasteiger partial charge in [-0.2, -0.15) is 0 Å². The molecule has 0 aliphatic heterocycles. The molecule has 1 N–H and O–H groups in total. The highest BCUT2D eigenvalue weighted by atomic mass is 16.5. The number of nitrogens with one attached hydrogen (secondary N) is 1. The van der Waals surface area contributed by atoms with E-state index in [4.69, 9.17) is 14.2 Å². The van der Waals surface area contributed by atoms with Gasteiger partial charge in [0.2, 0.25) is 11.6 Å². The largest absolute Gasteiger partial charge is 0.493 e. The van der Waals surface area contributed by atoms with Crippen LogP contribution in [-0.2, 0) is 14.3 Å². The maximum atomic E-state index is 12.8. The smallest absolute Gasteiger partial charge is 0.204 e. The van der Waals surface area contributed by atoms with Gasteiger partial charge in [0.05, 0.1) is 30.6 Å². The number of anilines is 1. The summed E-state index contributed by atoms with van der Waals surface area (Å²) in [5.41, 5.74) is 0.980. The Bertz CT molecular complexity index is 1130. The number of rotatable bonds is 12. The minimum atomic E-state index is -0.346. The van der Waals surface area contributed by atoms with Crippen LogP contribution in [0.25, 0.3) is 10.9 Å². The van der Waals surface area contributed by atoms with Crippen molar-refractivity contribution in [2.75, 3.05) is 45.8 Å². The number of carbonyl (C=O) groups excluding carboxylic acids is 2. The molecule has 1 aromatic heterocycles. The van der Waals surface area contributed by atoms with Gasteiger partial charge in [-0.15, -0.1) is 13.2 Å². The van der Waals surface area contributed by atoms with Crippen molar-refractivity contribution in [3.63, 3.8) is 0 Å². The Labute approximate surface area is 192 Å². The second-order valence-electron chi connectivity index (χ2n) is 7.01. The minimum absolute atomic E-state index is 0.111. The Hall–Kier alpha value is -3.98. The molecule has 0 saturated carbocycles. The first-order chi connectivity index (χ1) is 16.0. The van der Waals surface area contributed by atoms with Crippen LogP contribution in [0, 0.1) is 0 Å². The fourth-order valence-corrected chi connectivity index (χ4v) is 3.28. The summed E-state index contributed by atoms with van der Waals surface area (Å²) in [6, 6.07) is 3.44. The van der Waals surface area contributed by atoms with Crippen molar-refractivity contribution in [3.8, 4) is 11.5 Å². The van der Waals surface area contributed by atoms with Crippen molar-refractivity contribution in [2.45, 2.75) is 0 Å². The number of nitrogens with zero attached hydrogens (tertiary/aromatic N) is 3. The molecule has 9 nitrogen and oxygen atoms in total. The molecule has 0 fully saturated rings. The lowest BCUT2D eigenvalue weighted by Crippen LogP contribution is -2.31. The van der Waals surface area contributed by atoms with Crippen LogP contribution in [0.2, 0.25) is 0 Å². The Balaban J connectivity index is 1.89. The molecule has 0 bridgehead atoms. The lowest BCUT2D eigenvalue weighted by molar-refractivity contribution is -0.116. The number of aromatic nitrogens is 2. The molecule has 2 aromatic rings. The van der Waals surface area contributed by atoms with Crippen LogP contribution in [0.1, 0.15) is 0 Å². The van der Waals surface area contributed by atoms with E-state index in [2.05, 4.69) is 28.4 Å². The van der Waals surface area contributed by atoms with Gasteiger partial charge in [0.1, 0.15) is 18.8 Å². The summed E-state index contributed by atoms with van der Waals surface area (Å²) in [6.45, 7) is 9.00. The maximum Gasteiger partial charge on any atom is 0.204 e. The van der Waals surface area contributed by atoms with Crippen LogP contribution >= 0.6 is 0 Å². The molecule has 1 heterocycles. The summed E-state index contributed by atoms with van der Waals surface area (Å²) < 4.78 is 16.2. The third kappa shape index (κ3) is 5.45. The number of hydrogen-bond acceptors (Lipinski definition) is 9. The van der Waals surface area contributed by atoms with Crippen molar-refractivity contribution < 1.29 is 23.8 Å². The third-order valence-corrected chi connectivity index (χ3v) is 4.82. The van der Waals surface area contributed by atoms with Crippen molar-refractivity contribution in [1.82, 2.24) is 14.9 Å². The van der Waals surface area contributed by atoms with Crippen molar-refractivity contribution in [2.24, 2.45) is 0 Å². The molecule has 3 rings (SSSR count). The highest BCUT2D eigenvalue weighted by Gasteiger charge is 2.24. The monoisotopic (exact) mass is 450 g/mol. The first-order valence-corrected chi connectivity index (χ1v) is 10.2. The molecular formula is C24H26N4O5. The van der Waals surface area contributed by atoms with Crippen molar-refractivity contribution in [1.29, 1.82) is 0 Å². The first-order valence-electron chi connectivity index (χ1n) is 10.2. The van der Waals surface area contributed by atoms with Gasteiger partial charge in [-0.25, -0.2) is 9.97 Å². The number of ketones is 2. The Morgan fingerprint density at radius 1 is 1.00 bits per heavy atom. The van der Waals surface area contributed by atoms with Crippen LogP contribution in [0.5, 0.6) is 11.5 Å². The van der Waals surface area contributed by atoms with Crippen LogP contribution in [0.15, 0.2) is 67.3 Å². The highest BCUT2D eigenvalue weighted by molar-refractivity contribution is 6.21. The summed E-state index contributed by atoms with van der Waals surface area (Å²) in [4.78, 5) is 35.8. The van der Waals surface area contributed by atoms with Gasteiger partial charge in [-0.3, -0.25) is 9.59 Å². The molecule has 0 spiro atoms. The van der Waals surface area contributed by atoms with Gasteiger partial charge >= 0.3 is 0 Å². The first kappa shape index (κ1) is 23.7. The summed E-state index contributed by atoms with van der Waals surface area (Å²) in [7, 11) is 3.12. The Morgan fingerprint density at radius 2 is 1.76 bits per heavy atom. The Kier molecular flexibility index (Phi) is 7.93. The van der Waals surface area contributed by atoms with Crippen molar-refractivity contribution in [3.05, 3.63) is 67.3 Å². The van der Waals surface area contributed by atoms with E-state index in [1.165, 1.54) is 25.6 Å². The standard InChI is InChI=1S/C24H26N4O5/c1-5-7-28(8-6-2)19-14-20(29)18(12-21(19)30)27-24-16-11-22(32-4)23(33-10-9-31-3)13-17(16)25-15-26-24/h5-6,11-15H,1-2,7-10H2,3-4H3,(H,25,26,27). The number of hydrogen-bond donors (Lipinski definition) is 1. The summed E-state index contributed by atoms with van der Waals surface area (Å²) in [5, 5.41) is 3.57. The van der Waals surface area contributed by atoms with Crippen LogP contribution in [-0.4, -0.2) is 67.0 Å². The molecule has 9 heteroatoms. The molecule has 0 unspecified atom stereocenters. The van der Waals surface area contributed by atoms with Crippen LogP contribution in [0.4, 0.5) is 5.82 Å². The van der Waals surface area contributed by atoms with E-state index in [0.717, 1.165) is 0 Å². The molecule has 1 aliphatic rings. The van der Waals surface area contributed by atoms with Crippen LogP contribution < -0.4 is 14.8 Å². The third-order valence-electron chi connectivity index (χ3n) is 4.82. The molecule has 172 valence electrons. The Morgan fingerprint density at radius 3 is 2.42 bits per heavy atom. The van der Waals surface area contributed by atoms with E-state index in [1.807, 2.05) is 0 Å². The number of methoxy groups -OCH3 is 2. The SMILES string of the molecule is C=CCN(CC=C)C1=CC(=O)C(Nc2ncnc3cc(OCCOC)c(OC)cc23)=CC1=O. The quantitative estimate of drug-likeness (QED) is 0.297. The number of carbonyl (C=O) groups is 2. The summed E-state index contributed by atoms with van der Waals surface area (Å²) in [6.07, 6.45) is 7.26. The zero-order valence-electron chi connectivity index (χ0n) is 18.7. The average molecular weight is 450 g/mol. The second kappa shape index (κ2) is 11.1. The predicted octanol–water partition coefficient (Wildman–Crippen LogP) is 2.67. The van der Waals surface area contributed by atoms with Gasteiger partial charge in [0.15, 0.2) is 11.5 Å². The van der Waals surface area contributed by atoms with E-state index >= 15 is 0 Å². The molecule has 0 atom stereocenters. The average Bonchev–Trinajstić information content (AvgIpc) is 2.81. The van der Waals surface area contributed by atoms with Gasteiger partial charge in [0.25, 0.3) is 0 Å². The zero-order valence-corrected chi connectivity index (χ0v) is 18.7. The molecule has 33 heavy (non-hydrogen) atoms. The fraction of sp³-hybridized carbons (Fsp3) is 0.250. The zero-order chi connectivity index (χ0) is 23.8. The van der Waals surface area contributed by atoms with E-state index < -0.39 is 0 Å². The summed E-state index contributed by atoms with van der Waals surface area (Å²) >= 11 is 0. The van der Waals surface area contributed by atoms with Gasteiger partial charge < -0.3 is 24.4 Å². The number of ether oxygens (including phenoxy) is 3. The maximum absolute atomic E-state index is 12.8. The molecule has 0 saturated heterocycles. The molecule has 0 amide bonds.